The fraction of sp³-hybridized carbons (Fsp3) is 0.263. The van der Waals surface area contributed by atoms with Gasteiger partial charge in [-0.05, 0) is 57.9 Å². The summed E-state index contributed by atoms with van der Waals surface area (Å²) in [5, 5.41) is 0. The molecule has 0 aliphatic rings. The smallest absolute Gasteiger partial charge is 0.144 e. The van der Waals surface area contributed by atoms with E-state index >= 15 is 0 Å². The van der Waals surface area contributed by atoms with Crippen LogP contribution < -0.4 is 0 Å². The Morgan fingerprint density at radius 1 is 1.27 bits per heavy atom. The number of nitrogens with zero attached hydrogens (tertiary/aromatic N) is 2. The third-order valence-corrected chi connectivity index (χ3v) is 3.38. The second-order valence-electron chi connectivity index (χ2n) is 4.98. The van der Waals surface area contributed by atoms with Crippen molar-refractivity contribution >= 4 is 11.3 Å². The summed E-state index contributed by atoms with van der Waals surface area (Å²) >= 11 is 0. The summed E-state index contributed by atoms with van der Waals surface area (Å²) in [5.41, 5.74) is 4.39. The summed E-state index contributed by atoms with van der Waals surface area (Å²) in [4.78, 5) is 8.45. The van der Waals surface area contributed by atoms with E-state index in [1.54, 1.807) is 13.1 Å². The first-order valence-corrected chi connectivity index (χ1v) is 7.24. The first-order chi connectivity index (χ1) is 10.4. The minimum Gasteiger partial charge on any atom is -0.261 e. The molecule has 0 aliphatic heterocycles. The number of rotatable bonds is 5. The lowest BCUT2D eigenvalue weighted by molar-refractivity contribution is 0.679. The highest BCUT2D eigenvalue weighted by molar-refractivity contribution is 5.98. The van der Waals surface area contributed by atoms with Crippen molar-refractivity contribution in [3.8, 4) is 0 Å². The number of aromatic nitrogens is 1. The Hall–Kier alpha value is -2.29. The van der Waals surface area contributed by atoms with Gasteiger partial charge in [0, 0.05) is 23.2 Å². The minimum atomic E-state index is -0.364. The quantitative estimate of drug-likeness (QED) is 0.514. The summed E-state index contributed by atoms with van der Waals surface area (Å²) in [6.45, 7) is 13.2. The molecule has 22 heavy (non-hydrogen) atoms. The zero-order chi connectivity index (χ0) is 16.7. The molecule has 0 amide bonds. The number of allylic oxidation sites excluding steroid dienone is 7. The Balaban J connectivity index is 3.13. The molecule has 0 N–H and O–H groups in total. The van der Waals surface area contributed by atoms with Gasteiger partial charge in [0.05, 0.1) is 5.71 Å². The number of aliphatic imine (C=N–C) groups is 1. The Kier molecular flexibility index (Phi) is 6.64. The molecule has 0 bridgehead atoms. The largest absolute Gasteiger partial charge is 0.261 e. The Morgan fingerprint density at radius 3 is 2.50 bits per heavy atom. The van der Waals surface area contributed by atoms with Crippen LogP contribution in [0.4, 0.5) is 4.39 Å². The number of hydrogen-bond acceptors (Lipinski definition) is 2. The van der Waals surface area contributed by atoms with Crippen LogP contribution in [0.25, 0.3) is 5.57 Å². The van der Waals surface area contributed by atoms with Crippen LogP contribution in [0.2, 0.25) is 0 Å². The monoisotopic (exact) mass is 298 g/mol. The lowest BCUT2D eigenvalue weighted by Crippen LogP contribution is -1.96. The molecule has 3 heteroatoms. The van der Waals surface area contributed by atoms with Crippen molar-refractivity contribution in [3.63, 3.8) is 0 Å². The van der Waals surface area contributed by atoms with Gasteiger partial charge >= 0.3 is 0 Å². The van der Waals surface area contributed by atoms with E-state index in [4.69, 9.17) is 0 Å². The number of halogens is 1. The third kappa shape index (κ3) is 4.62. The molecule has 0 fully saturated rings. The van der Waals surface area contributed by atoms with E-state index in [1.165, 1.54) is 6.08 Å². The van der Waals surface area contributed by atoms with Gasteiger partial charge < -0.3 is 0 Å². The summed E-state index contributed by atoms with van der Waals surface area (Å²) in [7, 11) is 0. The predicted octanol–water partition coefficient (Wildman–Crippen LogP) is 5.59. The maximum atomic E-state index is 14.3. The Labute approximate surface area is 132 Å². The van der Waals surface area contributed by atoms with Gasteiger partial charge in [0.2, 0.25) is 0 Å². The maximum Gasteiger partial charge on any atom is 0.144 e. The fourth-order valence-electron chi connectivity index (χ4n) is 1.93. The average Bonchev–Trinajstić information content (AvgIpc) is 2.51. The molecule has 2 nitrogen and oxygen atoms in total. The van der Waals surface area contributed by atoms with Gasteiger partial charge in [0.25, 0.3) is 0 Å². The van der Waals surface area contributed by atoms with Crippen molar-refractivity contribution in [2.45, 2.75) is 34.6 Å². The highest BCUT2D eigenvalue weighted by Crippen LogP contribution is 2.25. The summed E-state index contributed by atoms with van der Waals surface area (Å²) in [6.07, 6.45) is 6.88. The van der Waals surface area contributed by atoms with Gasteiger partial charge in [-0.1, -0.05) is 24.8 Å². The van der Waals surface area contributed by atoms with Crippen molar-refractivity contribution in [1.82, 2.24) is 4.98 Å². The van der Waals surface area contributed by atoms with Crippen molar-refractivity contribution in [3.05, 3.63) is 71.5 Å². The zero-order valence-corrected chi connectivity index (χ0v) is 13.9. The van der Waals surface area contributed by atoms with Gasteiger partial charge in [0.1, 0.15) is 5.83 Å². The van der Waals surface area contributed by atoms with Crippen LogP contribution in [0.3, 0.4) is 0 Å². The van der Waals surface area contributed by atoms with Crippen LogP contribution in [0.15, 0.2) is 65.2 Å². The third-order valence-electron chi connectivity index (χ3n) is 3.38. The van der Waals surface area contributed by atoms with E-state index in [9.17, 15) is 4.39 Å². The van der Waals surface area contributed by atoms with E-state index in [-0.39, 0.29) is 5.83 Å². The molecule has 0 saturated carbocycles. The molecule has 0 aliphatic carbocycles. The molecule has 1 aromatic heterocycles. The predicted molar refractivity (Wildman–Crippen MR) is 93.5 cm³/mol. The van der Waals surface area contributed by atoms with Gasteiger partial charge in [-0.15, -0.1) is 0 Å². The van der Waals surface area contributed by atoms with Crippen molar-refractivity contribution in [2.75, 3.05) is 0 Å². The molecular formula is C19H23FN2. The molecular weight excluding hydrogens is 275 g/mol. The van der Waals surface area contributed by atoms with Crippen LogP contribution in [0.5, 0.6) is 0 Å². The topological polar surface area (TPSA) is 25.2 Å². The molecule has 1 aromatic rings. The first-order valence-electron chi connectivity index (χ1n) is 7.24. The molecule has 0 atom stereocenters. The van der Waals surface area contributed by atoms with Crippen LogP contribution in [0, 0.1) is 6.92 Å². The van der Waals surface area contributed by atoms with Gasteiger partial charge in [-0.2, -0.15) is 0 Å². The van der Waals surface area contributed by atoms with E-state index < -0.39 is 0 Å². The Morgan fingerprint density at radius 2 is 1.95 bits per heavy atom. The minimum absolute atomic E-state index is 0.352. The second-order valence-corrected chi connectivity index (χ2v) is 4.98. The standard InChI is InChI=1S/C19H23FN2/c1-7-13(3)22-16(6)19(20)12-17(8-2)14(4)18-10-9-11-21-15(18)5/h7-12H,4H2,1-3,5-6H3/b13-7-,17-8+,19-12+,22-16-. The van der Waals surface area contributed by atoms with Crippen molar-refractivity contribution in [2.24, 2.45) is 4.99 Å². The maximum absolute atomic E-state index is 14.3. The lowest BCUT2D eigenvalue weighted by Gasteiger charge is -2.10. The molecule has 0 spiro atoms. The van der Waals surface area contributed by atoms with E-state index in [1.807, 2.05) is 52.0 Å². The Bertz CT molecular complexity index is 676. The normalized spacial score (nSPS) is 14.3. The van der Waals surface area contributed by atoms with Gasteiger partial charge in [0.15, 0.2) is 0 Å². The first kappa shape index (κ1) is 17.8. The van der Waals surface area contributed by atoms with Crippen LogP contribution in [-0.4, -0.2) is 10.7 Å². The second kappa shape index (κ2) is 8.23. The van der Waals surface area contributed by atoms with E-state index in [0.717, 1.165) is 28.1 Å². The fourth-order valence-corrected chi connectivity index (χ4v) is 1.93. The average molecular weight is 298 g/mol. The lowest BCUT2D eigenvalue weighted by atomic mass is 9.97. The zero-order valence-electron chi connectivity index (χ0n) is 13.9. The number of hydrogen-bond donors (Lipinski definition) is 0. The highest BCUT2D eigenvalue weighted by atomic mass is 19.1. The van der Waals surface area contributed by atoms with Gasteiger partial charge in [-0.3, -0.25) is 9.98 Å². The summed E-state index contributed by atoms with van der Waals surface area (Å²) in [5.74, 6) is -0.364. The summed E-state index contributed by atoms with van der Waals surface area (Å²) < 4.78 is 14.3. The molecule has 1 rings (SSSR count). The van der Waals surface area contributed by atoms with Crippen LogP contribution >= 0.6 is 0 Å². The van der Waals surface area contributed by atoms with Crippen LogP contribution in [-0.2, 0) is 0 Å². The number of pyridine rings is 1. The SMILES string of the molecule is C=C(C(=C/C)/C=C(F)\C(C)=N/C(C)=C\C)c1cccnc1C. The molecule has 0 saturated heterocycles. The molecule has 0 unspecified atom stereocenters. The molecule has 0 radical (unpaired) electrons. The van der Waals surface area contributed by atoms with Crippen molar-refractivity contribution < 1.29 is 4.39 Å². The van der Waals surface area contributed by atoms with Crippen LogP contribution in [0.1, 0.15) is 39.0 Å². The summed E-state index contributed by atoms with van der Waals surface area (Å²) in [6, 6.07) is 3.79. The molecule has 1 heterocycles. The van der Waals surface area contributed by atoms with E-state index in [0.29, 0.717) is 5.71 Å². The van der Waals surface area contributed by atoms with Crippen molar-refractivity contribution in [1.29, 1.82) is 0 Å². The van der Waals surface area contributed by atoms with Gasteiger partial charge in [-0.25, -0.2) is 4.39 Å². The highest BCUT2D eigenvalue weighted by Gasteiger charge is 2.09. The van der Waals surface area contributed by atoms with E-state index in [2.05, 4.69) is 16.6 Å². The molecule has 0 aromatic carbocycles. The molecule has 116 valence electrons. The number of aryl methyl sites for hydroxylation is 1.